The van der Waals surface area contributed by atoms with Gasteiger partial charge in [0, 0.05) is 97.0 Å². The molecule has 1 aliphatic heterocycles. The quantitative estimate of drug-likeness (QED) is 0.0593. The second kappa shape index (κ2) is 39.3. The molecule has 1 unspecified atom stereocenters. The molecule has 8 N–H and O–H groups in total. The van der Waals surface area contributed by atoms with E-state index in [1.54, 1.807) is 56.0 Å². The van der Waals surface area contributed by atoms with Gasteiger partial charge in [-0.2, -0.15) is 0 Å². The molecule has 70 heavy (non-hydrogen) atoms. The van der Waals surface area contributed by atoms with E-state index in [1.165, 1.54) is 17.2 Å². The third-order valence-electron chi connectivity index (χ3n) is 9.84. The zero-order chi connectivity index (χ0) is 53.6. The number of nitrogens with zero attached hydrogens (tertiary/aromatic N) is 4. The monoisotopic (exact) mass is 990 g/mol. The number of rotatable bonds is 21. The van der Waals surface area contributed by atoms with E-state index >= 15 is 0 Å². The summed E-state index contributed by atoms with van der Waals surface area (Å²) in [5.74, 6) is -1.60. The molecule has 1 aromatic heterocycles. The van der Waals surface area contributed by atoms with Crippen LogP contribution in [0.4, 0.5) is 15.8 Å². The van der Waals surface area contributed by atoms with Gasteiger partial charge in [0.05, 0.1) is 23.8 Å². The average Bonchev–Trinajstić information content (AvgIpc) is 3.35. The van der Waals surface area contributed by atoms with E-state index in [0.29, 0.717) is 94.0 Å². The van der Waals surface area contributed by atoms with E-state index in [9.17, 15) is 52.6 Å². The number of piperazine rings is 1. The minimum absolute atomic E-state index is 0.00758. The summed E-state index contributed by atoms with van der Waals surface area (Å²) >= 11 is 0. The highest BCUT2D eigenvalue weighted by molar-refractivity contribution is 5.93. The van der Waals surface area contributed by atoms with Gasteiger partial charge in [-0.3, -0.25) is 28.8 Å². The third kappa shape index (κ3) is 26.2. The Morgan fingerprint density at radius 1 is 0.929 bits per heavy atom. The summed E-state index contributed by atoms with van der Waals surface area (Å²) < 4.78 is 20.8. The number of amides is 4. The number of aromatic carboxylic acids is 1. The first-order valence-electron chi connectivity index (χ1n) is 22.7. The Morgan fingerprint density at radius 2 is 1.54 bits per heavy atom. The van der Waals surface area contributed by atoms with Crippen molar-refractivity contribution < 1.29 is 57.7 Å². The van der Waals surface area contributed by atoms with Crippen molar-refractivity contribution in [1.82, 2.24) is 30.3 Å². The highest BCUT2D eigenvalue weighted by atomic mass is 19.1. The van der Waals surface area contributed by atoms with Crippen LogP contribution in [0.25, 0.3) is 10.9 Å². The first kappa shape index (κ1) is 65.5. The minimum Gasteiger partial charge on any atom is -0.477 e. The lowest BCUT2D eigenvalue weighted by molar-refractivity contribution is -0.130. The predicted octanol–water partition coefficient (Wildman–Crippen LogP) is 2.00. The molecule has 1 aliphatic rings. The molecule has 0 saturated carbocycles. The van der Waals surface area contributed by atoms with Gasteiger partial charge < -0.3 is 70.8 Å². The number of carboxylic acid groups (broad SMARTS) is 1. The smallest absolute Gasteiger partial charge is 0.341 e. The van der Waals surface area contributed by atoms with Crippen molar-refractivity contribution in [3.63, 3.8) is 0 Å². The molecule has 3 aromatic rings. The van der Waals surface area contributed by atoms with Gasteiger partial charge in [0.2, 0.25) is 29.6 Å². The normalized spacial score (nSPS) is 11.8. The average molecular weight is 990 g/mol. The standard InChI is InChI=1S/C17H20FN3O3.C9H21N3O.C9H16N2O3.C9H9NO3.C3H6O.CH4O/c1-3-20-10-12(17(23)24)16(22)11-8-13(18)15(9-14(11)20)21-6-4-19(2)5-7-21;1-7(2)8(11-3)9(13)12-6-4-5-10;1-11(2)9(14)5-3-4-8(13)10-6-7-12;11-6-10-9-3-1-8(2-4-9)5-13-7-12;1-2-3-4;1-2/h8-10H,3-7H2,1-2H3,(H,23,24);7-8,11H,4-6,10H2,1-3H3,(H,12,13);7H,3-6H2,1-2H3,(H,10,13);1-4,6-7H,5H2,(H,10,11);3H,2H2,1H3;2H,1H3. The zero-order valence-corrected chi connectivity index (χ0v) is 42.1. The molecule has 2 aromatic carbocycles. The maximum atomic E-state index is 14.6. The van der Waals surface area contributed by atoms with Crippen LogP contribution >= 0.6 is 0 Å². The number of benzene rings is 2. The third-order valence-corrected chi connectivity index (χ3v) is 9.84. The fraction of sp³-hybridized carbons (Fsp3) is 0.521. The maximum absolute atomic E-state index is 14.6. The lowest BCUT2D eigenvalue weighted by Gasteiger charge is -2.34. The van der Waals surface area contributed by atoms with E-state index in [0.717, 1.165) is 38.5 Å². The van der Waals surface area contributed by atoms with Crippen LogP contribution in [0, 0.1) is 11.7 Å². The molecule has 1 fully saturated rings. The number of aromatic nitrogens is 1. The number of halogens is 1. The van der Waals surface area contributed by atoms with Crippen molar-refractivity contribution >= 4 is 71.4 Å². The number of nitrogens with two attached hydrogens (primary N) is 1. The molecule has 0 aliphatic carbocycles. The van der Waals surface area contributed by atoms with Crippen LogP contribution in [0.1, 0.15) is 75.7 Å². The summed E-state index contributed by atoms with van der Waals surface area (Å²) in [6, 6.07) is 9.74. The minimum atomic E-state index is -1.30. The Bertz CT molecular complexity index is 2080. The molecule has 0 radical (unpaired) electrons. The Labute approximate surface area is 410 Å². The summed E-state index contributed by atoms with van der Waals surface area (Å²) in [7, 11) is 8.17. The summed E-state index contributed by atoms with van der Waals surface area (Å²) in [4.78, 5) is 102. The van der Waals surface area contributed by atoms with Crippen molar-refractivity contribution in [3.05, 3.63) is 69.8 Å². The summed E-state index contributed by atoms with van der Waals surface area (Å²) in [5, 5.41) is 27.0. The number of nitrogens with one attached hydrogen (secondary N) is 4. The van der Waals surface area contributed by atoms with E-state index in [4.69, 9.17) is 10.8 Å². The largest absolute Gasteiger partial charge is 0.477 e. The van der Waals surface area contributed by atoms with Crippen LogP contribution in [0.3, 0.4) is 0 Å². The number of aliphatic hydroxyl groups is 1. The lowest BCUT2D eigenvalue weighted by atomic mass is 10.0. The Balaban J connectivity index is 0. The maximum Gasteiger partial charge on any atom is 0.341 e. The zero-order valence-electron chi connectivity index (χ0n) is 42.1. The van der Waals surface area contributed by atoms with E-state index in [1.807, 2.05) is 39.6 Å². The number of carboxylic acids is 1. The van der Waals surface area contributed by atoms with Gasteiger partial charge in [0.1, 0.15) is 30.6 Å². The molecule has 1 saturated heterocycles. The van der Waals surface area contributed by atoms with E-state index < -0.39 is 17.2 Å². The molecule has 4 amide bonds. The molecule has 22 heteroatoms. The molecule has 4 rings (SSSR count). The van der Waals surface area contributed by atoms with Gasteiger partial charge in [-0.05, 0) is 76.2 Å². The van der Waals surface area contributed by atoms with E-state index in [-0.39, 0.29) is 54.3 Å². The lowest BCUT2D eigenvalue weighted by Crippen LogP contribution is -2.46. The molecular formula is C48H76FN9O12. The number of aldehydes is 2. The fourth-order valence-corrected chi connectivity index (χ4v) is 6.06. The summed E-state index contributed by atoms with van der Waals surface area (Å²) in [6.07, 6.45) is 6.08. The van der Waals surface area contributed by atoms with Gasteiger partial charge in [-0.1, -0.05) is 32.9 Å². The highest BCUT2D eigenvalue weighted by Crippen LogP contribution is 2.26. The number of carbonyl (C=O) groups excluding carboxylic acids is 7. The van der Waals surface area contributed by atoms with Gasteiger partial charge in [-0.15, -0.1) is 0 Å². The van der Waals surface area contributed by atoms with Gasteiger partial charge in [-0.25, -0.2) is 9.18 Å². The molecule has 1 atom stereocenters. The number of pyridine rings is 1. The van der Waals surface area contributed by atoms with Crippen molar-refractivity contribution in [1.29, 1.82) is 0 Å². The first-order valence-corrected chi connectivity index (χ1v) is 22.7. The number of anilines is 2. The molecule has 2 heterocycles. The molecule has 0 bridgehead atoms. The topological polar surface area (TPSA) is 292 Å². The van der Waals surface area contributed by atoms with Gasteiger partial charge >= 0.3 is 5.97 Å². The number of hydrogen-bond donors (Lipinski definition) is 7. The van der Waals surface area contributed by atoms with Gasteiger partial charge in [0.15, 0.2) is 0 Å². The number of hydrogen-bond acceptors (Lipinski definition) is 15. The first-order chi connectivity index (χ1) is 33.4. The second-order valence-electron chi connectivity index (χ2n) is 15.6. The second-order valence-corrected chi connectivity index (χ2v) is 15.6. The van der Waals surface area contributed by atoms with Crippen molar-refractivity contribution in [3.8, 4) is 0 Å². The number of carbonyl (C=O) groups is 8. The van der Waals surface area contributed by atoms with Crippen LogP contribution in [0.15, 0.2) is 47.4 Å². The SMILES string of the molecule is CCC=O.CCn1cc(C(=O)O)c(=O)c2cc(F)c(N3CCN(C)CC3)cc21.CN(C)C(=O)CCCC(=O)NCC=O.CNC(C(=O)NCCCN)C(C)C.CO.O=CNc1ccc(COC=O)cc1. The molecule has 392 valence electrons. The van der Waals surface area contributed by atoms with E-state index in [2.05, 4.69) is 30.9 Å². The molecular weight excluding hydrogens is 914 g/mol. The Hall–Kier alpha value is -6.62. The van der Waals surface area contributed by atoms with Gasteiger partial charge in [0.25, 0.3) is 6.47 Å². The van der Waals surface area contributed by atoms with Crippen LogP contribution in [-0.2, 0) is 51.5 Å². The van der Waals surface area contributed by atoms with Crippen LogP contribution in [-0.4, -0.2) is 161 Å². The predicted molar refractivity (Wildman–Crippen MR) is 268 cm³/mol. The number of aliphatic hydroxyl groups excluding tert-OH is 1. The van der Waals surface area contributed by atoms with Crippen molar-refractivity contribution in [2.24, 2.45) is 11.7 Å². The highest BCUT2D eigenvalue weighted by Gasteiger charge is 2.22. The van der Waals surface area contributed by atoms with Crippen LogP contribution in [0.5, 0.6) is 0 Å². The number of aryl methyl sites for hydroxylation is 1. The Kier molecular flexibility index (Phi) is 36.7. The fourth-order valence-electron chi connectivity index (χ4n) is 6.06. The molecule has 21 nitrogen and oxygen atoms in total. The number of likely N-dealkylation sites (N-methyl/N-ethyl adjacent to an activating group) is 2. The van der Waals surface area contributed by atoms with Crippen molar-refractivity contribution in [2.75, 3.05) is 91.3 Å². The number of fused-ring (bicyclic) bond motifs is 1. The summed E-state index contributed by atoms with van der Waals surface area (Å²) in [5.41, 5.74) is 6.94. The Morgan fingerprint density at radius 3 is 2.01 bits per heavy atom. The summed E-state index contributed by atoms with van der Waals surface area (Å²) in [6.45, 7) is 13.3. The van der Waals surface area contributed by atoms with Crippen molar-refractivity contribution in [2.45, 2.75) is 79.0 Å². The van der Waals surface area contributed by atoms with Crippen LogP contribution < -0.4 is 37.3 Å². The van der Waals surface area contributed by atoms with Crippen LogP contribution in [0.2, 0.25) is 0 Å². The number of ether oxygens (including phenoxy) is 1. The molecule has 0 spiro atoms.